The van der Waals surface area contributed by atoms with E-state index >= 15 is 0 Å². The van der Waals surface area contributed by atoms with Gasteiger partial charge in [0.2, 0.25) is 0 Å². The van der Waals surface area contributed by atoms with Crippen LogP contribution in [-0.4, -0.2) is 32.5 Å². The lowest BCUT2D eigenvalue weighted by Crippen LogP contribution is -2.30. The van der Waals surface area contributed by atoms with Crippen molar-refractivity contribution in [2.24, 2.45) is 13.0 Å². The maximum atomic E-state index is 6.08. The molecule has 0 unspecified atom stereocenters. The molecule has 1 aromatic carbocycles. The Bertz CT molecular complexity index is 881. The maximum absolute atomic E-state index is 6.08. The number of hydrogen-bond acceptors (Lipinski definition) is 4. The molecule has 3 heterocycles. The van der Waals surface area contributed by atoms with Crippen LogP contribution in [0.25, 0.3) is 10.9 Å². The molecule has 138 valence electrons. The third-order valence-electron chi connectivity index (χ3n) is 5.21. The maximum Gasteiger partial charge on any atom is 0.138 e. The Kier molecular flexibility index (Phi) is 4.68. The average molecular weight is 353 g/mol. The van der Waals surface area contributed by atoms with Gasteiger partial charge in [-0.1, -0.05) is 0 Å². The summed E-state index contributed by atoms with van der Waals surface area (Å²) in [6.07, 6.45) is 8.08. The third-order valence-corrected chi connectivity index (χ3v) is 5.21. The molecular weight excluding hydrogens is 326 g/mol. The van der Waals surface area contributed by atoms with Gasteiger partial charge in [0.15, 0.2) is 0 Å². The zero-order chi connectivity index (χ0) is 18.1. The van der Waals surface area contributed by atoms with Crippen LogP contribution in [0.4, 0.5) is 5.69 Å². The van der Waals surface area contributed by atoms with Crippen molar-refractivity contribution in [1.29, 1.82) is 0 Å². The minimum atomic E-state index is 0.0566. The van der Waals surface area contributed by atoms with Crippen molar-refractivity contribution in [1.82, 2.24) is 19.3 Å². The molecule has 6 heteroatoms. The number of hydrogen-bond donors (Lipinski definition) is 1. The molecule has 2 atom stereocenters. The van der Waals surface area contributed by atoms with Gasteiger partial charge in [0, 0.05) is 55.6 Å². The standard InChI is InChI=1S/C20H27N5O/c1-14(2)25-18-11-17(7-6-15(18)13-23-25)22-12-16-5-4-10-26-19(16)20-21-8-9-24(20)3/h6-9,11,13-14,16,19,22H,4-5,10,12H2,1-3H3/t16-,19+/m0/s1. The zero-order valence-corrected chi connectivity index (χ0v) is 15.7. The van der Waals surface area contributed by atoms with Crippen LogP contribution in [0.1, 0.15) is 44.7 Å². The van der Waals surface area contributed by atoms with Crippen molar-refractivity contribution in [2.75, 3.05) is 18.5 Å². The van der Waals surface area contributed by atoms with Gasteiger partial charge in [-0.05, 0) is 44.9 Å². The number of aryl methyl sites for hydroxylation is 1. The van der Waals surface area contributed by atoms with Crippen LogP contribution >= 0.6 is 0 Å². The summed E-state index contributed by atoms with van der Waals surface area (Å²) in [6, 6.07) is 6.81. The molecule has 0 saturated carbocycles. The quantitative estimate of drug-likeness (QED) is 0.755. The fraction of sp³-hybridized carbons (Fsp3) is 0.500. The molecule has 1 saturated heterocycles. The monoisotopic (exact) mass is 353 g/mol. The van der Waals surface area contributed by atoms with E-state index in [0.717, 1.165) is 37.5 Å². The molecule has 3 aromatic rings. The first kappa shape index (κ1) is 17.1. The molecule has 0 amide bonds. The predicted octanol–water partition coefficient (Wildman–Crippen LogP) is 3.93. The fourth-order valence-corrected chi connectivity index (χ4v) is 3.80. The average Bonchev–Trinajstić information content (AvgIpc) is 3.26. The van der Waals surface area contributed by atoms with Crippen LogP contribution in [0.5, 0.6) is 0 Å². The van der Waals surface area contributed by atoms with Crippen molar-refractivity contribution in [3.05, 3.63) is 42.6 Å². The number of benzene rings is 1. The van der Waals surface area contributed by atoms with Crippen LogP contribution < -0.4 is 5.32 Å². The first-order chi connectivity index (χ1) is 12.6. The van der Waals surface area contributed by atoms with Gasteiger partial charge in [-0.15, -0.1) is 0 Å². The third kappa shape index (κ3) is 3.21. The Hall–Kier alpha value is -2.34. The minimum Gasteiger partial charge on any atom is -0.385 e. The SMILES string of the molecule is CC(C)n1ncc2ccc(NC[C@@H]3CCCO[C@H]3c3nccn3C)cc21. The number of fused-ring (bicyclic) bond motifs is 1. The molecule has 0 spiro atoms. The lowest BCUT2D eigenvalue weighted by molar-refractivity contribution is -0.0304. The van der Waals surface area contributed by atoms with Crippen LogP contribution in [0, 0.1) is 5.92 Å². The highest BCUT2D eigenvalue weighted by atomic mass is 16.5. The molecule has 26 heavy (non-hydrogen) atoms. The molecule has 4 rings (SSSR count). The van der Waals surface area contributed by atoms with Gasteiger partial charge < -0.3 is 14.6 Å². The summed E-state index contributed by atoms with van der Waals surface area (Å²) in [5.74, 6) is 1.43. The number of nitrogens with zero attached hydrogens (tertiary/aromatic N) is 4. The van der Waals surface area contributed by atoms with Gasteiger partial charge >= 0.3 is 0 Å². The first-order valence-electron chi connectivity index (χ1n) is 9.43. The van der Waals surface area contributed by atoms with E-state index in [-0.39, 0.29) is 6.10 Å². The van der Waals surface area contributed by atoms with Crippen molar-refractivity contribution >= 4 is 16.6 Å². The Morgan fingerprint density at radius 1 is 1.35 bits per heavy atom. The van der Waals surface area contributed by atoms with E-state index in [0.29, 0.717) is 12.0 Å². The lowest BCUT2D eigenvalue weighted by atomic mass is 9.93. The van der Waals surface area contributed by atoms with Crippen molar-refractivity contribution in [3.63, 3.8) is 0 Å². The highest BCUT2D eigenvalue weighted by Crippen LogP contribution is 2.33. The molecule has 2 aromatic heterocycles. The summed E-state index contributed by atoms with van der Waals surface area (Å²) in [5.41, 5.74) is 2.30. The van der Waals surface area contributed by atoms with Gasteiger partial charge in [0.1, 0.15) is 11.9 Å². The van der Waals surface area contributed by atoms with E-state index in [1.165, 1.54) is 10.9 Å². The second-order valence-electron chi connectivity index (χ2n) is 7.43. The zero-order valence-electron chi connectivity index (χ0n) is 15.7. The largest absolute Gasteiger partial charge is 0.385 e. The Morgan fingerprint density at radius 2 is 2.23 bits per heavy atom. The molecule has 0 aliphatic carbocycles. The van der Waals surface area contributed by atoms with Crippen LogP contribution in [0.15, 0.2) is 36.8 Å². The highest BCUT2D eigenvalue weighted by Gasteiger charge is 2.30. The minimum absolute atomic E-state index is 0.0566. The Balaban J connectivity index is 1.51. The summed E-state index contributed by atoms with van der Waals surface area (Å²) < 4.78 is 10.2. The van der Waals surface area contributed by atoms with E-state index in [2.05, 4.69) is 56.7 Å². The van der Waals surface area contributed by atoms with Crippen molar-refractivity contribution in [2.45, 2.75) is 38.8 Å². The van der Waals surface area contributed by atoms with Crippen LogP contribution in [0.3, 0.4) is 0 Å². The number of nitrogens with one attached hydrogen (secondary N) is 1. The molecule has 1 aliphatic rings. The first-order valence-corrected chi connectivity index (χ1v) is 9.43. The molecule has 1 N–H and O–H groups in total. The number of aromatic nitrogens is 4. The Labute approximate surface area is 154 Å². The summed E-state index contributed by atoms with van der Waals surface area (Å²) in [6.45, 7) is 6.00. The predicted molar refractivity (Wildman–Crippen MR) is 103 cm³/mol. The van der Waals surface area contributed by atoms with Gasteiger partial charge in [-0.3, -0.25) is 4.68 Å². The topological polar surface area (TPSA) is 56.9 Å². The molecule has 0 radical (unpaired) electrons. The van der Waals surface area contributed by atoms with E-state index in [4.69, 9.17) is 4.74 Å². The smallest absolute Gasteiger partial charge is 0.138 e. The summed E-state index contributed by atoms with van der Waals surface area (Å²) in [7, 11) is 2.03. The van der Waals surface area contributed by atoms with Crippen LogP contribution in [0.2, 0.25) is 0 Å². The Morgan fingerprint density at radius 3 is 3.00 bits per heavy atom. The van der Waals surface area contributed by atoms with Crippen molar-refractivity contribution in [3.8, 4) is 0 Å². The van der Waals surface area contributed by atoms with E-state index in [1.807, 2.05) is 25.6 Å². The fourth-order valence-electron chi connectivity index (χ4n) is 3.80. The van der Waals surface area contributed by atoms with Gasteiger partial charge in [-0.2, -0.15) is 5.10 Å². The van der Waals surface area contributed by atoms with E-state index in [1.54, 1.807) is 0 Å². The van der Waals surface area contributed by atoms with Crippen molar-refractivity contribution < 1.29 is 4.74 Å². The number of rotatable bonds is 5. The number of anilines is 1. The summed E-state index contributed by atoms with van der Waals surface area (Å²) in [5, 5.41) is 9.29. The molecular formula is C20H27N5O. The molecule has 1 aliphatic heterocycles. The molecule has 1 fully saturated rings. The van der Waals surface area contributed by atoms with Gasteiger partial charge in [0.05, 0.1) is 11.7 Å². The summed E-state index contributed by atoms with van der Waals surface area (Å²) in [4.78, 5) is 4.51. The van der Waals surface area contributed by atoms with E-state index < -0.39 is 0 Å². The highest BCUT2D eigenvalue weighted by molar-refractivity contribution is 5.82. The van der Waals surface area contributed by atoms with Gasteiger partial charge in [-0.25, -0.2) is 4.98 Å². The lowest BCUT2D eigenvalue weighted by Gasteiger charge is -2.31. The second-order valence-corrected chi connectivity index (χ2v) is 7.43. The molecule has 0 bridgehead atoms. The van der Waals surface area contributed by atoms with Crippen LogP contribution in [-0.2, 0) is 11.8 Å². The second kappa shape index (κ2) is 7.11. The summed E-state index contributed by atoms with van der Waals surface area (Å²) >= 11 is 0. The van der Waals surface area contributed by atoms with E-state index in [9.17, 15) is 0 Å². The number of imidazole rings is 1. The molecule has 6 nitrogen and oxygen atoms in total. The van der Waals surface area contributed by atoms with Gasteiger partial charge in [0.25, 0.3) is 0 Å². The number of ether oxygens (including phenoxy) is 1. The normalized spacial score (nSPS) is 20.8.